The van der Waals surface area contributed by atoms with Crippen LogP contribution in [0.2, 0.25) is 19.6 Å². The summed E-state index contributed by atoms with van der Waals surface area (Å²) < 4.78 is 0. The van der Waals surface area contributed by atoms with Gasteiger partial charge in [0.15, 0.2) is 0 Å². The lowest BCUT2D eigenvalue weighted by molar-refractivity contribution is -0.871. The first-order valence-electron chi connectivity index (χ1n) is 5.54. The molecule has 0 unspecified atom stereocenters. The van der Waals surface area contributed by atoms with E-state index in [2.05, 4.69) is 19.6 Å². The first kappa shape index (κ1) is 19.5. The molecule has 4 nitrogen and oxygen atoms in total. The molecule has 0 atom stereocenters. The van der Waals surface area contributed by atoms with E-state index in [0.29, 0.717) is 5.56 Å². The van der Waals surface area contributed by atoms with Crippen LogP contribution in [0.15, 0.2) is 24.3 Å². The number of rotatable bonds is 2. The number of aromatic carboxylic acids is 1. The minimum atomic E-state index is -1.52. The first-order chi connectivity index (χ1) is 7.66. The smallest absolute Gasteiger partial charge is 0.335 e. The molecule has 0 aromatic heterocycles. The second kappa shape index (κ2) is 8.26. The molecule has 0 aliphatic carbocycles. The third kappa shape index (κ3) is 7.44. The number of hydrogen-bond acceptors (Lipinski definition) is 2. The van der Waals surface area contributed by atoms with Gasteiger partial charge >= 0.3 is 5.97 Å². The van der Waals surface area contributed by atoms with Gasteiger partial charge in [-0.25, -0.2) is 4.79 Å². The Balaban J connectivity index is 0. The maximum Gasteiger partial charge on any atom is 0.335 e. The Bertz CT molecular complexity index is 376. The van der Waals surface area contributed by atoms with Crippen molar-refractivity contribution in [3.63, 3.8) is 0 Å². The molecule has 0 spiro atoms. The van der Waals surface area contributed by atoms with E-state index in [1.807, 2.05) is 26.2 Å². The molecule has 1 aromatic carbocycles. The van der Waals surface area contributed by atoms with Crippen LogP contribution < -0.4 is 28.4 Å². The molecule has 1 aromatic rings. The molecule has 0 amide bonds. The maximum atomic E-state index is 10.9. The van der Waals surface area contributed by atoms with Crippen LogP contribution in [0.25, 0.3) is 0 Å². The summed E-state index contributed by atoms with van der Waals surface area (Å²) in [5, 5.41) is 10.9. The molecule has 0 aliphatic rings. The van der Waals surface area contributed by atoms with Crippen molar-refractivity contribution in [1.82, 2.24) is 0 Å². The number of hydrogen-bond donors (Lipinski definition) is 3. The Hall–Kier alpha value is -0.883. The molecule has 104 valence electrons. The zero-order valence-corrected chi connectivity index (χ0v) is 13.4. The number of carbonyl (C=O) groups is 1. The lowest BCUT2D eigenvalue weighted by Gasteiger charge is -2.18. The summed E-state index contributed by atoms with van der Waals surface area (Å²) in [5.74, 6) is 4.21. The SMILES string of the molecule is C[NH+](C)N.C[Si](C)(C)c1ccccc1C(=O)O.[Cl-]. The van der Waals surface area contributed by atoms with Crippen molar-refractivity contribution in [1.29, 1.82) is 0 Å². The van der Waals surface area contributed by atoms with E-state index in [0.717, 1.165) is 10.2 Å². The number of quaternary nitrogens is 1. The van der Waals surface area contributed by atoms with Gasteiger partial charge in [0.2, 0.25) is 0 Å². The highest BCUT2D eigenvalue weighted by atomic mass is 35.5. The Morgan fingerprint density at radius 3 is 1.89 bits per heavy atom. The standard InChI is InChI=1S/C10H14O2Si.C2H8N2.ClH/c1-13(2,3)9-7-5-4-6-8(9)10(11)12;1-4(2)3;/h4-7H,1-3H3,(H,11,12);3H2,1-2H3;1H. The number of carboxylic acids is 1. The minimum absolute atomic E-state index is 0. The topological polar surface area (TPSA) is 67.8 Å². The molecule has 6 heteroatoms. The van der Waals surface area contributed by atoms with Gasteiger partial charge in [-0.2, -0.15) is 5.84 Å². The second-order valence-electron chi connectivity index (χ2n) is 5.18. The quantitative estimate of drug-likeness (QED) is 0.308. The first-order valence-corrected chi connectivity index (χ1v) is 9.04. The van der Waals surface area contributed by atoms with Crippen LogP contribution >= 0.6 is 0 Å². The average Bonchev–Trinajstić information content (AvgIpc) is 2.15. The van der Waals surface area contributed by atoms with Gasteiger partial charge in [-0.15, -0.1) is 0 Å². The predicted molar refractivity (Wildman–Crippen MR) is 73.4 cm³/mol. The highest BCUT2D eigenvalue weighted by Gasteiger charge is 2.22. The van der Waals surface area contributed by atoms with Gasteiger partial charge in [-0.1, -0.05) is 37.8 Å². The van der Waals surface area contributed by atoms with E-state index < -0.39 is 14.0 Å². The summed E-state index contributed by atoms with van der Waals surface area (Å²) >= 11 is 0. The molecule has 1 rings (SSSR count). The zero-order chi connectivity index (χ0) is 13.6. The minimum Gasteiger partial charge on any atom is -1.00 e. The molecule has 0 heterocycles. The van der Waals surface area contributed by atoms with Gasteiger partial charge < -0.3 is 17.5 Å². The molecule has 0 saturated carbocycles. The monoisotopic (exact) mass is 290 g/mol. The molecule has 0 saturated heterocycles. The van der Waals surface area contributed by atoms with E-state index in [1.54, 1.807) is 12.1 Å². The zero-order valence-electron chi connectivity index (χ0n) is 11.6. The number of benzene rings is 1. The summed E-state index contributed by atoms with van der Waals surface area (Å²) in [5.41, 5.74) is 0.460. The van der Waals surface area contributed by atoms with Crippen LogP contribution in [-0.4, -0.2) is 33.2 Å². The molecule has 0 aliphatic heterocycles. The van der Waals surface area contributed by atoms with Gasteiger partial charge in [-0.3, -0.25) is 5.01 Å². The van der Waals surface area contributed by atoms with E-state index in [4.69, 9.17) is 10.9 Å². The van der Waals surface area contributed by atoms with E-state index >= 15 is 0 Å². The second-order valence-corrected chi connectivity index (χ2v) is 10.2. The number of carboxylic acid groups (broad SMARTS) is 1. The van der Waals surface area contributed by atoms with Crippen molar-refractivity contribution in [3.8, 4) is 0 Å². The molecular formula is C12H23ClN2O2Si. The fraction of sp³-hybridized carbons (Fsp3) is 0.417. The van der Waals surface area contributed by atoms with Crippen LogP contribution in [0.4, 0.5) is 0 Å². The van der Waals surface area contributed by atoms with Crippen molar-refractivity contribution < 1.29 is 27.3 Å². The lowest BCUT2D eigenvalue weighted by Crippen LogP contribution is -3.11. The Labute approximate surface area is 116 Å². The fourth-order valence-electron chi connectivity index (χ4n) is 1.32. The van der Waals surface area contributed by atoms with Crippen LogP contribution in [0.5, 0.6) is 0 Å². The largest absolute Gasteiger partial charge is 1.00 e. The summed E-state index contributed by atoms with van der Waals surface area (Å²) in [4.78, 5) is 10.9. The molecule has 18 heavy (non-hydrogen) atoms. The predicted octanol–water partition coefficient (Wildman–Crippen LogP) is -3.06. The third-order valence-electron chi connectivity index (χ3n) is 1.97. The number of nitrogens with one attached hydrogen (secondary N) is 1. The van der Waals surface area contributed by atoms with Crippen LogP contribution in [0, 0.1) is 0 Å². The highest BCUT2D eigenvalue weighted by Crippen LogP contribution is 2.06. The van der Waals surface area contributed by atoms with Gasteiger partial charge in [0.1, 0.15) is 0 Å². The van der Waals surface area contributed by atoms with Gasteiger partial charge in [-0.05, 0) is 11.3 Å². The normalized spacial score (nSPS) is 10.2. The van der Waals surface area contributed by atoms with Gasteiger partial charge in [0.05, 0.1) is 27.7 Å². The summed E-state index contributed by atoms with van der Waals surface area (Å²) in [6, 6.07) is 7.28. The van der Waals surface area contributed by atoms with Crippen molar-refractivity contribution >= 4 is 19.2 Å². The molecule has 0 bridgehead atoms. The summed E-state index contributed by atoms with van der Waals surface area (Å²) in [7, 11) is 2.20. The van der Waals surface area contributed by atoms with Crippen LogP contribution in [0.3, 0.4) is 0 Å². The lowest BCUT2D eigenvalue weighted by atomic mass is 10.2. The molecule has 4 N–H and O–H groups in total. The maximum absolute atomic E-state index is 10.9. The Morgan fingerprint density at radius 2 is 1.61 bits per heavy atom. The van der Waals surface area contributed by atoms with E-state index in [1.165, 1.54) is 0 Å². The Morgan fingerprint density at radius 1 is 1.22 bits per heavy atom. The van der Waals surface area contributed by atoms with Crippen LogP contribution in [0.1, 0.15) is 10.4 Å². The molecule has 0 radical (unpaired) electrons. The van der Waals surface area contributed by atoms with Gasteiger partial charge in [0.25, 0.3) is 0 Å². The number of nitrogens with two attached hydrogens (primary N) is 1. The number of halogens is 1. The van der Waals surface area contributed by atoms with Crippen LogP contribution in [-0.2, 0) is 0 Å². The van der Waals surface area contributed by atoms with E-state index in [9.17, 15) is 4.79 Å². The van der Waals surface area contributed by atoms with Crippen molar-refractivity contribution in [2.75, 3.05) is 14.1 Å². The van der Waals surface area contributed by atoms with Crippen molar-refractivity contribution in [2.45, 2.75) is 19.6 Å². The molecule has 0 fully saturated rings. The summed E-state index contributed by atoms with van der Waals surface area (Å²) in [6.45, 7) is 6.44. The summed E-state index contributed by atoms with van der Waals surface area (Å²) in [6.07, 6.45) is 0. The van der Waals surface area contributed by atoms with Gasteiger partial charge in [0, 0.05) is 0 Å². The fourth-order valence-corrected chi connectivity index (χ4v) is 2.92. The van der Waals surface area contributed by atoms with E-state index in [-0.39, 0.29) is 12.4 Å². The average molecular weight is 291 g/mol. The van der Waals surface area contributed by atoms with Crippen molar-refractivity contribution in [2.24, 2.45) is 5.84 Å². The van der Waals surface area contributed by atoms with Crippen molar-refractivity contribution in [3.05, 3.63) is 29.8 Å². The molecular weight excluding hydrogens is 268 g/mol. The third-order valence-corrected chi connectivity index (χ3v) is 4.02. The highest BCUT2D eigenvalue weighted by molar-refractivity contribution is 6.89. The Kier molecular flexibility index (Phi) is 8.93.